The first-order valence-electron chi connectivity index (χ1n) is 8.57. The van der Waals surface area contributed by atoms with Gasteiger partial charge in [0.2, 0.25) is 5.91 Å². The number of halogens is 1. The molecule has 0 atom stereocenters. The van der Waals surface area contributed by atoms with E-state index in [0.29, 0.717) is 34.9 Å². The molecule has 2 aromatic rings. The highest BCUT2D eigenvalue weighted by atomic mass is 35.5. The highest BCUT2D eigenvalue weighted by Crippen LogP contribution is 2.23. The first kappa shape index (κ1) is 18.9. The second-order valence-corrected chi connectivity index (χ2v) is 6.69. The third-order valence-corrected chi connectivity index (χ3v) is 4.66. The van der Waals surface area contributed by atoms with Crippen LogP contribution in [0.15, 0.2) is 42.5 Å². The number of nitrogens with zero attached hydrogens (tertiary/aromatic N) is 1. The number of nitrogens with one attached hydrogen (secondary N) is 1. The van der Waals surface area contributed by atoms with Crippen molar-refractivity contribution in [3.8, 4) is 0 Å². The van der Waals surface area contributed by atoms with Crippen molar-refractivity contribution in [2.75, 3.05) is 23.4 Å². The Labute approximate surface area is 162 Å². The van der Waals surface area contributed by atoms with E-state index >= 15 is 0 Å². The predicted molar refractivity (Wildman–Crippen MR) is 103 cm³/mol. The van der Waals surface area contributed by atoms with E-state index in [4.69, 9.17) is 16.3 Å². The van der Waals surface area contributed by atoms with Crippen LogP contribution in [-0.2, 0) is 14.3 Å². The third kappa shape index (κ3) is 4.65. The van der Waals surface area contributed by atoms with Crippen LogP contribution >= 0.6 is 11.6 Å². The Morgan fingerprint density at radius 3 is 2.74 bits per heavy atom. The SMILES string of the molecule is Cc1ccc(NC(=O)COC(=O)c2cccc(N3CCCC3=O)c2)cc1Cl. The molecular weight excluding hydrogens is 368 g/mol. The van der Waals surface area contributed by atoms with Gasteiger partial charge in [-0.1, -0.05) is 23.7 Å². The van der Waals surface area contributed by atoms with Gasteiger partial charge in [-0.25, -0.2) is 4.79 Å². The molecule has 0 unspecified atom stereocenters. The molecule has 1 saturated heterocycles. The quantitative estimate of drug-likeness (QED) is 0.797. The molecule has 2 amide bonds. The average Bonchev–Trinajstić information content (AvgIpc) is 3.09. The van der Waals surface area contributed by atoms with Crippen molar-refractivity contribution in [3.05, 3.63) is 58.6 Å². The Hall–Kier alpha value is -2.86. The molecule has 1 fully saturated rings. The molecule has 0 spiro atoms. The van der Waals surface area contributed by atoms with Gasteiger partial charge in [-0.2, -0.15) is 0 Å². The summed E-state index contributed by atoms with van der Waals surface area (Å²) in [7, 11) is 0. The van der Waals surface area contributed by atoms with Crippen LogP contribution < -0.4 is 10.2 Å². The fourth-order valence-electron chi connectivity index (χ4n) is 2.80. The zero-order chi connectivity index (χ0) is 19.4. The molecule has 0 aromatic heterocycles. The van der Waals surface area contributed by atoms with Crippen LogP contribution in [0.2, 0.25) is 5.02 Å². The minimum Gasteiger partial charge on any atom is -0.452 e. The molecular formula is C20H19ClN2O4. The molecule has 7 heteroatoms. The molecule has 3 rings (SSSR count). The number of aryl methyl sites for hydroxylation is 1. The topological polar surface area (TPSA) is 75.7 Å². The van der Waals surface area contributed by atoms with Gasteiger partial charge >= 0.3 is 5.97 Å². The lowest BCUT2D eigenvalue weighted by molar-refractivity contribution is -0.119. The van der Waals surface area contributed by atoms with E-state index in [9.17, 15) is 14.4 Å². The number of hydrogen-bond acceptors (Lipinski definition) is 4. The van der Waals surface area contributed by atoms with Crippen molar-refractivity contribution < 1.29 is 19.1 Å². The Balaban J connectivity index is 1.58. The highest BCUT2D eigenvalue weighted by molar-refractivity contribution is 6.31. The molecule has 6 nitrogen and oxygen atoms in total. The van der Waals surface area contributed by atoms with Gasteiger partial charge in [0.1, 0.15) is 0 Å². The second kappa shape index (κ2) is 8.22. The summed E-state index contributed by atoms with van der Waals surface area (Å²) >= 11 is 6.02. The maximum atomic E-state index is 12.2. The van der Waals surface area contributed by atoms with Crippen molar-refractivity contribution in [2.45, 2.75) is 19.8 Å². The molecule has 0 saturated carbocycles. The van der Waals surface area contributed by atoms with E-state index in [-0.39, 0.29) is 5.91 Å². The monoisotopic (exact) mass is 386 g/mol. The van der Waals surface area contributed by atoms with Gasteiger partial charge in [-0.05, 0) is 49.2 Å². The second-order valence-electron chi connectivity index (χ2n) is 6.29. The Kier molecular flexibility index (Phi) is 5.76. The fourth-order valence-corrected chi connectivity index (χ4v) is 2.98. The maximum absolute atomic E-state index is 12.2. The molecule has 1 N–H and O–H groups in total. The number of benzene rings is 2. The van der Waals surface area contributed by atoms with Gasteiger partial charge in [0.05, 0.1) is 5.56 Å². The van der Waals surface area contributed by atoms with Crippen molar-refractivity contribution in [3.63, 3.8) is 0 Å². The van der Waals surface area contributed by atoms with E-state index in [1.807, 2.05) is 6.92 Å². The number of hydrogen-bond donors (Lipinski definition) is 1. The highest BCUT2D eigenvalue weighted by Gasteiger charge is 2.22. The number of esters is 1. The van der Waals surface area contributed by atoms with Crippen LogP contribution in [0.3, 0.4) is 0 Å². The summed E-state index contributed by atoms with van der Waals surface area (Å²) in [6.07, 6.45) is 1.31. The smallest absolute Gasteiger partial charge is 0.338 e. The van der Waals surface area contributed by atoms with Gasteiger partial charge in [0, 0.05) is 29.4 Å². The van der Waals surface area contributed by atoms with Gasteiger partial charge in [0.15, 0.2) is 6.61 Å². The summed E-state index contributed by atoms with van der Waals surface area (Å²) in [5.41, 5.74) is 2.38. The predicted octanol–water partition coefficient (Wildman–Crippen LogP) is 3.57. The van der Waals surface area contributed by atoms with E-state index in [1.165, 1.54) is 0 Å². The first-order chi connectivity index (χ1) is 12.9. The number of rotatable bonds is 5. The molecule has 0 bridgehead atoms. The molecule has 1 aliphatic rings. The summed E-state index contributed by atoms with van der Waals surface area (Å²) in [4.78, 5) is 37.7. The largest absolute Gasteiger partial charge is 0.452 e. The van der Waals surface area contributed by atoms with E-state index in [0.717, 1.165) is 12.0 Å². The van der Waals surface area contributed by atoms with Gasteiger partial charge in [-0.3, -0.25) is 9.59 Å². The lowest BCUT2D eigenvalue weighted by atomic mass is 10.2. The molecule has 0 radical (unpaired) electrons. The number of ether oxygens (including phenoxy) is 1. The number of carbonyl (C=O) groups excluding carboxylic acids is 3. The van der Waals surface area contributed by atoms with Gasteiger partial charge < -0.3 is 15.0 Å². The van der Waals surface area contributed by atoms with E-state index in [1.54, 1.807) is 47.4 Å². The normalized spacial score (nSPS) is 13.6. The standard InChI is InChI=1S/C20H19ClN2O4/c1-13-7-8-15(11-17(13)21)22-18(24)12-27-20(26)14-4-2-5-16(10-14)23-9-3-6-19(23)25/h2,4-5,7-8,10-11H,3,6,9,12H2,1H3,(H,22,24). The molecule has 1 heterocycles. The van der Waals surface area contributed by atoms with E-state index in [2.05, 4.69) is 5.32 Å². The summed E-state index contributed by atoms with van der Waals surface area (Å²) < 4.78 is 5.07. The Morgan fingerprint density at radius 1 is 1.22 bits per heavy atom. The van der Waals surface area contributed by atoms with Gasteiger partial charge in [0.25, 0.3) is 5.91 Å². The summed E-state index contributed by atoms with van der Waals surface area (Å²) in [6, 6.07) is 11.8. The van der Waals surface area contributed by atoms with Crippen LogP contribution in [-0.4, -0.2) is 30.9 Å². The lowest BCUT2D eigenvalue weighted by Crippen LogP contribution is -2.24. The van der Waals surface area contributed by atoms with Crippen molar-refractivity contribution in [1.82, 2.24) is 0 Å². The van der Waals surface area contributed by atoms with Crippen LogP contribution in [0.1, 0.15) is 28.8 Å². The lowest BCUT2D eigenvalue weighted by Gasteiger charge is -2.16. The number of amides is 2. The van der Waals surface area contributed by atoms with Crippen LogP contribution in [0, 0.1) is 6.92 Å². The Bertz CT molecular complexity index is 897. The number of carbonyl (C=O) groups is 3. The summed E-state index contributed by atoms with van der Waals surface area (Å²) in [5.74, 6) is -1.05. The number of anilines is 2. The third-order valence-electron chi connectivity index (χ3n) is 4.26. The molecule has 0 aliphatic carbocycles. The summed E-state index contributed by atoms with van der Waals surface area (Å²) in [6.45, 7) is 2.08. The summed E-state index contributed by atoms with van der Waals surface area (Å²) in [5, 5.41) is 3.17. The van der Waals surface area contributed by atoms with Gasteiger partial charge in [-0.15, -0.1) is 0 Å². The molecule has 1 aliphatic heterocycles. The minimum absolute atomic E-state index is 0.0386. The van der Waals surface area contributed by atoms with E-state index < -0.39 is 18.5 Å². The van der Waals surface area contributed by atoms with Crippen LogP contribution in [0.5, 0.6) is 0 Å². The van der Waals surface area contributed by atoms with Crippen molar-refractivity contribution in [2.24, 2.45) is 0 Å². The van der Waals surface area contributed by atoms with Crippen LogP contribution in [0.25, 0.3) is 0 Å². The maximum Gasteiger partial charge on any atom is 0.338 e. The molecule has 27 heavy (non-hydrogen) atoms. The zero-order valence-corrected chi connectivity index (χ0v) is 15.6. The zero-order valence-electron chi connectivity index (χ0n) is 14.8. The van der Waals surface area contributed by atoms with Crippen molar-refractivity contribution in [1.29, 1.82) is 0 Å². The fraction of sp³-hybridized carbons (Fsp3) is 0.250. The first-order valence-corrected chi connectivity index (χ1v) is 8.95. The van der Waals surface area contributed by atoms with Crippen LogP contribution in [0.4, 0.5) is 11.4 Å². The average molecular weight is 387 g/mol. The molecule has 140 valence electrons. The van der Waals surface area contributed by atoms with Crippen molar-refractivity contribution >= 4 is 40.8 Å². The molecule has 2 aromatic carbocycles. The minimum atomic E-state index is -0.624. The Morgan fingerprint density at radius 2 is 2.04 bits per heavy atom.